The summed E-state index contributed by atoms with van der Waals surface area (Å²) in [6.07, 6.45) is 0.912. The third-order valence-electron chi connectivity index (χ3n) is 4.11. The van der Waals surface area contributed by atoms with Crippen LogP contribution in [-0.4, -0.2) is 47.5 Å². The van der Waals surface area contributed by atoms with Crippen LogP contribution in [0.3, 0.4) is 0 Å². The highest BCUT2D eigenvalue weighted by atomic mass is 16.1. The number of benzene rings is 1. The van der Waals surface area contributed by atoms with Gasteiger partial charge in [0.15, 0.2) is 0 Å². The van der Waals surface area contributed by atoms with Crippen LogP contribution in [0.25, 0.3) is 0 Å². The second kappa shape index (κ2) is 6.86. The van der Waals surface area contributed by atoms with Crippen LogP contribution < -0.4 is 10.2 Å². The number of rotatable bonds is 4. The van der Waals surface area contributed by atoms with E-state index in [2.05, 4.69) is 52.2 Å². The van der Waals surface area contributed by atoms with Crippen molar-refractivity contribution < 1.29 is 4.79 Å². The Labute approximate surface area is 142 Å². The Balaban J connectivity index is 1.80. The summed E-state index contributed by atoms with van der Waals surface area (Å²) in [4.78, 5) is 24.0. The van der Waals surface area contributed by atoms with Gasteiger partial charge in [0, 0.05) is 43.6 Å². The van der Waals surface area contributed by atoms with Crippen molar-refractivity contribution in [3.05, 3.63) is 41.1 Å². The predicted molar refractivity (Wildman–Crippen MR) is 95.8 cm³/mol. The summed E-state index contributed by atoms with van der Waals surface area (Å²) < 4.78 is 0. The van der Waals surface area contributed by atoms with Gasteiger partial charge in [-0.05, 0) is 44.0 Å². The standard InChI is InChI=1S/C18H23N5O/c1-13-8-14(2)10-16(9-13)20-18-19-15(3)11-17(21-18)23-6-4-22(12-24)5-7-23/h8-12H,4-7H2,1-3H3,(H,19,20,21). The van der Waals surface area contributed by atoms with Crippen molar-refractivity contribution >= 4 is 23.9 Å². The lowest BCUT2D eigenvalue weighted by atomic mass is 10.1. The molecular formula is C18H23N5O. The Hall–Kier alpha value is -2.63. The molecule has 1 amide bonds. The maximum atomic E-state index is 10.8. The summed E-state index contributed by atoms with van der Waals surface area (Å²) in [5.41, 5.74) is 4.32. The molecule has 2 aromatic rings. The molecule has 1 fully saturated rings. The number of aryl methyl sites for hydroxylation is 3. The molecule has 1 aromatic heterocycles. The molecule has 0 unspecified atom stereocenters. The minimum absolute atomic E-state index is 0.604. The smallest absolute Gasteiger partial charge is 0.229 e. The van der Waals surface area contributed by atoms with Crippen molar-refractivity contribution in [2.45, 2.75) is 20.8 Å². The Morgan fingerprint density at radius 2 is 1.62 bits per heavy atom. The first kappa shape index (κ1) is 16.2. The number of nitrogens with zero attached hydrogens (tertiary/aromatic N) is 4. The Kier molecular flexibility index (Phi) is 4.64. The summed E-state index contributed by atoms with van der Waals surface area (Å²) in [7, 11) is 0. The molecule has 1 saturated heterocycles. The van der Waals surface area contributed by atoms with Gasteiger partial charge in [0.05, 0.1) is 0 Å². The molecule has 24 heavy (non-hydrogen) atoms. The summed E-state index contributed by atoms with van der Waals surface area (Å²) in [5, 5.41) is 3.31. The molecule has 6 heteroatoms. The molecule has 1 aliphatic rings. The molecule has 6 nitrogen and oxygen atoms in total. The number of amides is 1. The first-order valence-corrected chi connectivity index (χ1v) is 8.19. The molecule has 0 radical (unpaired) electrons. The monoisotopic (exact) mass is 325 g/mol. The van der Waals surface area contributed by atoms with Gasteiger partial charge in [0.25, 0.3) is 0 Å². The molecule has 1 N–H and O–H groups in total. The second-order valence-electron chi connectivity index (χ2n) is 6.32. The van der Waals surface area contributed by atoms with E-state index in [1.54, 1.807) is 4.90 Å². The van der Waals surface area contributed by atoms with E-state index in [0.29, 0.717) is 5.95 Å². The van der Waals surface area contributed by atoms with Gasteiger partial charge in [-0.1, -0.05) is 6.07 Å². The van der Waals surface area contributed by atoms with E-state index >= 15 is 0 Å². The van der Waals surface area contributed by atoms with Gasteiger partial charge in [-0.3, -0.25) is 4.79 Å². The van der Waals surface area contributed by atoms with Gasteiger partial charge in [0.2, 0.25) is 12.4 Å². The molecule has 1 aliphatic heterocycles. The van der Waals surface area contributed by atoms with Crippen molar-refractivity contribution in [3.8, 4) is 0 Å². The lowest BCUT2D eigenvalue weighted by molar-refractivity contribution is -0.118. The molecule has 2 heterocycles. The number of aromatic nitrogens is 2. The number of hydrogen-bond donors (Lipinski definition) is 1. The molecule has 0 bridgehead atoms. The van der Waals surface area contributed by atoms with Gasteiger partial charge in [0.1, 0.15) is 5.82 Å². The van der Waals surface area contributed by atoms with Crippen LogP contribution in [0.2, 0.25) is 0 Å². The quantitative estimate of drug-likeness (QED) is 0.875. The number of hydrogen-bond acceptors (Lipinski definition) is 5. The lowest BCUT2D eigenvalue weighted by Gasteiger charge is -2.33. The van der Waals surface area contributed by atoms with Gasteiger partial charge in [-0.25, -0.2) is 4.98 Å². The fourth-order valence-electron chi connectivity index (χ4n) is 3.00. The zero-order chi connectivity index (χ0) is 17.1. The van der Waals surface area contributed by atoms with Gasteiger partial charge in [-0.2, -0.15) is 4.98 Å². The highest BCUT2D eigenvalue weighted by Gasteiger charge is 2.17. The van der Waals surface area contributed by atoms with Gasteiger partial charge < -0.3 is 15.1 Å². The van der Waals surface area contributed by atoms with Crippen LogP contribution in [0.5, 0.6) is 0 Å². The van der Waals surface area contributed by atoms with Crippen molar-refractivity contribution in [1.29, 1.82) is 0 Å². The fraction of sp³-hybridized carbons (Fsp3) is 0.389. The van der Waals surface area contributed by atoms with E-state index in [1.807, 2.05) is 13.0 Å². The summed E-state index contributed by atoms with van der Waals surface area (Å²) in [5.74, 6) is 1.51. The predicted octanol–water partition coefficient (Wildman–Crippen LogP) is 2.42. The van der Waals surface area contributed by atoms with Crippen molar-refractivity contribution in [1.82, 2.24) is 14.9 Å². The fourth-order valence-corrected chi connectivity index (χ4v) is 3.00. The van der Waals surface area contributed by atoms with E-state index in [1.165, 1.54) is 11.1 Å². The molecule has 0 saturated carbocycles. The summed E-state index contributed by atoms with van der Waals surface area (Å²) in [6.45, 7) is 9.16. The Morgan fingerprint density at radius 3 is 2.25 bits per heavy atom. The largest absolute Gasteiger partial charge is 0.353 e. The first-order valence-electron chi connectivity index (χ1n) is 8.19. The zero-order valence-corrected chi connectivity index (χ0v) is 14.4. The third-order valence-corrected chi connectivity index (χ3v) is 4.11. The van der Waals surface area contributed by atoms with Crippen LogP contribution >= 0.6 is 0 Å². The van der Waals surface area contributed by atoms with E-state index in [0.717, 1.165) is 49.8 Å². The number of carbonyl (C=O) groups excluding carboxylic acids is 1. The molecular weight excluding hydrogens is 302 g/mol. The molecule has 1 aromatic carbocycles. The van der Waals surface area contributed by atoms with Crippen LogP contribution in [0.1, 0.15) is 16.8 Å². The maximum absolute atomic E-state index is 10.8. The Morgan fingerprint density at radius 1 is 0.958 bits per heavy atom. The van der Waals surface area contributed by atoms with Gasteiger partial charge in [-0.15, -0.1) is 0 Å². The average Bonchev–Trinajstić information content (AvgIpc) is 2.53. The highest BCUT2D eigenvalue weighted by Crippen LogP contribution is 2.21. The molecule has 0 spiro atoms. The zero-order valence-electron chi connectivity index (χ0n) is 14.4. The second-order valence-corrected chi connectivity index (χ2v) is 6.32. The lowest BCUT2D eigenvalue weighted by Crippen LogP contribution is -2.46. The van der Waals surface area contributed by atoms with Crippen LogP contribution in [0.4, 0.5) is 17.5 Å². The molecule has 0 aliphatic carbocycles. The number of piperazine rings is 1. The maximum Gasteiger partial charge on any atom is 0.229 e. The molecule has 3 rings (SSSR count). The van der Waals surface area contributed by atoms with Gasteiger partial charge >= 0.3 is 0 Å². The van der Waals surface area contributed by atoms with Crippen LogP contribution in [0.15, 0.2) is 24.3 Å². The minimum atomic E-state index is 0.604. The molecule has 0 atom stereocenters. The number of nitrogens with one attached hydrogen (secondary N) is 1. The van der Waals surface area contributed by atoms with Crippen molar-refractivity contribution in [2.75, 3.05) is 36.4 Å². The number of carbonyl (C=O) groups is 1. The van der Waals surface area contributed by atoms with E-state index in [-0.39, 0.29) is 0 Å². The van der Waals surface area contributed by atoms with Crippen LogP contribution in [0, 0.1) is 20.8 Å². The van der Waals surface area contributed by atoms with E-state index < -0.39 is 0 Å². The van der Waals surface area contributed by atoms with Crippen molar-refractivity contribution in [3.63, 3.8) is 0 Å². The van der Waals surface area contributed by atoms with Crippen molar-refractivity contribution in [2.24, 2.45) is 0 Å². The average molecular weight is 325 g/mol. The van der Waals surface area contributed by atoms with E-state index in [4.69, 9.17) is 0 Å². The first-order chi connectivity index (χ1) is 11.5. The summed E-state index contributed by atoms with van der Waals surface area (Å²) in [6, 6.07) is 8.30. The normalized spacial score (nSPS) is 14.6. The van der Waals surface area contributed by atoms with Crippen LogP contribution in [-0.2, 0) is 4.79 Å². The number of anilines is 3. The molecule has 126 valence electrons. The third kappa shape index (κ3) is 3.82. The van der Waals surface area contributed by atoms with E-state index in [9.17, 15) is 4.79 Å². The highest BCUT2D eigenvalue weighted by molar-refractivity contribution is 5.58. The minimum Gasteiger partial charge on any atom is -0.353 e. The topological polar surface area (TPSA) is 61.4 Å². The Bertz CT molecular complexity index is 718. The SMILES string of the molecule is Cc1cc(C)cc(Nc2nc(C)cc(N3CCN(C=O)CC3)n2)c1. The summed E-state index contributed by atoms with van der Waals surface area (Å²) >= 11 is 0.